The highest BCUT2D eigenvalue weighted by Gasteiger charge is 2.12. The molecular weight excluding hydrogens is 298 g/mol. The number of thiophene rings is 1. The molecule has 20 heavy (non-hydrogen) atoms. The van der Waals surface area contributed by atoms with E-state index in [1.807, 2.05) is 6.07 Å². The first-order chi connectivity index (χ1) is 9.58. The van der Waals surface area contributed by atoms with Crippen molar-refractivity contribution in [1.82, 2.24) is 0 Å². The Bertz CT molecular complexity index is 679. The van der Waals surface area contributed by atoms with Gasteiger partial charge in [0.05, 0.1) is 5.56 Å². The zero-order valence-electron chi connectivity index (χ0n) is 10.2. The van der Waals surface area contributed by atoms with Crippen LogP contribution in [0.3, 0.4) is 0 Å². The van der Waals surface area contributed by atoms with Gasteiger partial charge in [-0.05, 0) is 29.2 Å². The van der Waals surface area contributed by atoms with Crippen LogP contribution < -0.4 is 5.32 Å². The maximum atomic E-state index is 11.7. The fourth-order valence-electron chi connectivity index (χ4n) is 1.50. The van der Waals surface area contributed by atoms with Crippen molar-refractivity contribution in [2.45, 2.75) is 0 Å². The summed E-state index contributed by atoms with van der Waals surface area (Å²) in [7, 11) is 0. The lowest BCUT2D eigenvalue weighted by molar-refractivity contribution is -0.111. The van der Waals surface area contributed by atoms with Crippen LogP contribution in [0.2, 0.25) is 5.02 Å². The molecule has 0 radical (unpaired) electrons. The largest absolute Gasteiger partial charge is 0.478 e. The predicted octanol–water partition coefficient (Wildman–Crippen LogP) is 3.75. The molecule has 0 aliphatic heterocycles. The minimum atomic E-state index is -1.07. The summed E-state index contributed by atoms with van der Waals surface area (Å²) in [5.74, 6) is -1.48. The Hall–Kier alpha value is -2.11. The third-order valence-electron chi connectivity index (χ3n) is 2.45. The van der Waals surface area contributed by atoms with Crippen molar-refractivity contribution in [3.05, 3.63) is 57.9 Å². The number of carboxylic acids is 1. The van der Waals surface area contributed by atoms with Crippen molar-refractivity contribution in [2.75, 3.05) is 5.32 Å². The van der Waals surface area contributed by atoms with Gasteiger partial charge in [-0.1, -0.05) is 29.8 Å². The molecule has 0 atom stereocenters. The van der Waals surface area contributed by atoms with Crippen LogP contribution in [0, 0.1) is 0 Å². The number of hydrogen-bond acceptors (Lipinski definition) is 3. The molecule has 4 nitrogen and oxygen atoms in total. The highest BCUT2D eigenvalue weighted by Crippen LogP contribution is 2.23. The van der Waals surface area contributed by atoms with Crippen LogP contribution >= 0.6 is 22.9 Å². The van der Waals surface area contributed by atoms with Gasteiger partial charge in [0.1, 0.15) is 5.00 Å². The SMILES string of the molecule is O=C(/C=C/c1ccccc1Cl)Nc1sccc1C(=O)O. The Kier molecular flexibility index (Phi) is 4.55. The number of nitrogens with one attached hydrogen (secondary N) is 1. The molecular formula is C14H10ClNO3S. The summed E-state index contributed by atoms with van der Waals surface area (Å²) in [5, 5.41) is 13.9. The molecule has 1 amide bonds. The van der Waals surface area contributed by atoms with E-state index in [9.17, 15) is 9.59 Å². The van der Waals surface area contributed by atoms with Gasteiger partial charge in [-0.15, -0.1) is 11.3 Å². The van der Waals surface area contributed by atoms with Crippen LogP contribution in [0.4, 0.5) is 5.00 Å². The number of carbonyl (C=O) groups excluding carboxylic acids is 1. The summed E-state index contributed by atoms with van der Waals surface area (Å²) in [6, 6.07) is 8.55. The minimum Gasteiger partial charge on any atom is -0.478 e. The topological polar surface area (TPSA) is 66.4 Å². The molecule has 0 saturated carbocycles. The summed E-state index contributed by atoms with van der Waals surface area (Å²) in [5.41, 5.74) is 0.795. The smallest absolute Gasteiger partial charge is 0.338 e. The van der Waals surface area contributed by atoms with E-state index >= 15 is 0 Å². The molecule has 2 N–H and O–H groups in total. The van der Waals surface area contributed by atoms with Crippen LogP contribution in [0.15, 0.2) is 41.8 Å². The molecule has 2 rings (SSSR count). The highest BCUT2D eigenvalue weighted by molar-refractivity contribution is 7.14. The molecule has 0 aliphatic carbocycles. The molecule has 0 bridgehead atoms. The predicted molar refractivity (Wildman–Crippen MR) is 80.4 cm³/mol. The molecule has 1 aromatic carbocycles. The fourth-order valence-corrected chi connectivity index (χ4v) is 2.48. The van der Waals surface area contributed by atoms with Crippen LogP contribution in [0.1, 0.15) is 15.9 Å². The molecule has 0 aliphatic rings. The van der Waals surface area contributed by atoms with Gasteiger partial charge in [-0.2, -0.15) is 0 Å². The number of carbonyl (C=O) groups is 2. The van der Waals surface area contributed by atoms with Gasteiger partial charge >= 0.3 is 5.97 Å². The fraction of sp³-hybridized carbons (Fsp3) is 0. The van der Waals surface area contributed by atoms with E-state index in [0.29, 0.717) is 15.6 Å². The van der Waals surface area contributed by atoms with Crippen LogP contribution in [0.25, 0.3) is 6.08 Å². The number of hydrogen-bond donors (Lipinski definition) is 2. The van der Waals surface area contributed by atoms with Crippen molar-refractivity contribution in [1.29, 1.82) is 0 Å². The number of carboxylic acid groups (broad SMARTS) is 1. The summed E-state index contributed by atoms with van der Waals surface area (Å²) in [4.78, 5) is 22.7. The normalized spacial score (nSPS) is 10.7. The monoisotopic (exact) mass is 307 g/mol. The summed E-state index contributed by atoms with van der Waals surface area (Å²) in [6.45, 7) is 0. The number of amides is 1. The summed E-state index contributed by atoms with van der Waals surface area (Å²) < 4.78 is 0. The molecule has 1 aromatic heterocycles. The number of benzene rings is 1. The lowest BCUT2D eigenvalue weighted by Gasteiger charge is -2.00. The van der Waals surface area contributed by atoms with Crippen molar-refractivity contribution in [3.63, 3.8) is 0 Å². The number of anilines is 1. The van der Waals surface area contributed by atoms with Gasteiger partial charge in [-0.3, -0.25) is 4.79 Å². The second kappa shape index (κ2) is 6.36. The maximum Gasteiger partial charge on any atom is 0.338 e. The molecule has 2 aromatic rings. The molecule has 6 heteroatoms. The summed E-state index contributed by atoms with van der Waals surface area (Å²) >= 11 is 7.12. The first kappa shape index (κ1) is 14.3. The Labute approximate surface area is 124 Å². The Morgan fingerprint density at radius 1 is 1.25 bits per heavy atom. The second-order valence-corrected chi connectivity index (χ2v) is 5.14. The molecule has 0 fully saturated rings. The van der Waals surface area contributed by atoms with Crippen LogP contribution in [-0.2, 0) is 4.79 Å². The van der Waals surface area contributed by atoms with Gasteiger partial charge in [-0.25, -0.2) is 4.79 Å². The number of aromatic carboxylic acids is 1. The van der Waals surface area contributed by atoms with Crippen LogP contribution in [-0.4, -0.2) is 17.0 Å². The third-order valence-corrected chi connectivity index (χ3v) is 3.63. The Morgan fingerprint density at radius 2 is 2.00 bits per heavy atom. The average molecular weight is 308 g/mol. The second-order valence-electron chi connectivity index (χ2n) is 3.81. The highest BCUT2D eigenvalue weighted by atomic mass is 35.5. The van der Waals surface area contributed by atoms with E-state index in [2.05, 4.69) is 5.32 Å². The molecule has 0 spiro atoms. The van der Waals surface area contributed by atoms with E-state index in [-0.39, 0.29) is 5.56 Å². The lowest BCUT2D eigenvalue weighted by atomic mass is 10.2. The van der Waals surface area contributed by atoms with Crippen molar-refractivity contribution >= 4 is 45.9 Å². The average Bonchev–Trinajstić information content (AvgIpc) is 2.86. The minimum absolute atomic E-state index is 0.0782. The van der Waals surface area contributed by atoms with Crippen LogP contribution in [0.5, 0.6) is 0 Å². The van der Waals surface area contributed by atoms with Gasteiger partial charge in [0.25, 0.3) is 0 Å². The lowest BCUT2D eigenvalue weighted by Crippen LogP contribution is -2.09. The maximum absolute atomic E-state index is 11.7. The summed E-state index contributed by atoms with van der Waals surface area (Å²) in [6.07, 6.45) is 2.89. The molecule has 0 unspecified atom stereocenters. The van der Waals surface area contributed by atoms with Gasteiger partial charge in [0, 0.05) is 11.1 Å². The molecule has 0 saturated heterocycles. The van der Waals surface area contributed by atoms with E-state index in [4.69, 9.17) is 16.7 Å². The van der Waals surface area contributed by atoms with Crippen molar-refractivity contribution in [3.8, 4) is 0 Å². The zero-order valence-corrected chi connectivity index (χ0v) is 11.7. The first-order valence-corrected chi connectivity index (χ1v) is 6.88. The Morgan fingerprint density at radius 3 is 2.70 bits per heavy atom. The third kappa shape index (κ3) is 3.46. The van der Waals surface area contributed by atoms with Crippen molar-refractivity contribution < 1.29 is 14.7 Å². The Balaban J connectivity index is 2.08. The molecule has 1 heterocycles. The van der Waals surface area contributed by atoms with Crippen molar-refractivity contribution in [2.24, 2.45) is 0 Å². The van der Waals surface area contributed by atoms with E-state index in [1.54, 1.807) is 29.7 Å². The van der Waals surface area contributed by atoms with Gasteiger partial charge in [0.15, 0.2) is 0 Å². The van der Waals surface area contributed by atoms with Gasteiger partial charge < -0.3 is 10.4 Å². The van der Waals surface area contributed by atoms with Gasteiger partial charge in [0.2, 0.25) is 5.91 Å². The standard InChI is InChI=1S/C14H10ClNO3S/c15-11-4-2-1-3-9(11)5-6-12(17)16-13-10(14(18)19)7-8-20-13/h1-8H,(H,16,17)(H,18,19)/b6-5+. The van der Waals surface area contributed by atoms with E-state index in [0.717, 1.165) is 11.3 Å². The van der Waals surface area contributed by atoms with E-state index in [1.165, 1.54) is 12.1 Å². The van der Waals surface area contributed by atoms with E-state index < -0.39 is 11.9 Å². The first-order valence-electron chi connectivity index (χ1n) is 5.62. The zero-order chi connectivity index (χ0) is 14.5. The molecule has 102 valence electrons. The number of halogens is 1. The number of rotatable bonds is 4. The quantitative estimate of drug-likeness (QED) is 0.845.